The molecule has 1 aliphatic heterocycles. The van der Waals surface area contributed by atoms with Gasteiger partial charge < -0.3 is 14.4 Å². The smallest absolute Gasteiger partial charge is 0.325 e. The SMILES string of the molecule is CN1CCCN(CCCn2cnc3c2c(=O)n(C)c(=O)n3C)CC1. The number of aryl methyl sites for hydroxylation is 2. The summed E-state index contributed by atoms with van der Waals surface area (Å²) in [5.74, 6) is 0. The Labute approximate surface area is 140 Å². The lowest BCUT2D eigenvalue weighted by Crippen LogP contribution is -2.37. The first-order chi connectivity index (χ1) is 11.5. The Morgan fingerprint density at radius 1 is 1.00 bits per heavy atom. The van der Waals surface area contributed by atoms with E-state index in [2.05, 4.69) is 21.8 Å². The van der Waals surface area contributed by atoms with E-state index in [1.54, 1.807) is 13.4 Å². The van der Waals surface area contributed by atoms with Gasteiger partial charge in [-0.05, 0) is 39.5 Å². The highest BCUT2D eigenvalue weighted by molar-refractivity contribution is 5.69. The van der Waals surface area contributed by atoms with E-state index in [1.807, 2.05) is 4.57 Å². The number of nitrogens with zero attached hydrogens (tertiary/aromatic N) is 6. The van der Waals surface area contributed by atoms with Crippen molar-refractivity contribution < 1.29 is 0 Å². The molecule has 1 aliphatic rings. The monoisotopic (exact) mass is 334 g/mol. The summed E-state index contributed by atoms with van der Waals surface area (Å²) in [4.78, 5) is 33.5. The van der Waals surface area contributed by atoms with Gasteiger partial charge in [0, 0.05) is 33.7 Å². The number of imidazole rings is 1. The molecule has 3 rings (SSSR count). The normalized spacial score (nSPS) is 17.5. The van der Waals surface area contributed by atoms with Crippen LogP contribution in [0.1, 0.15) is 12.8 Å². The van der Waals surface area contributed by atoms with Crippen LogP contribution in [0, 0.1) is 0 Å². The molecule has 0 aliphatic carbocycles. The summed E-state index contributed by atoms with van der Waals surface area (Å²) in [7, 11) is 5.32. The summed E-state index contributed by atoms with van der Waals surface area (Å²) in [5.41, 5.74) is 0.350. The summed E-state index contributed by atoms with van der Waals surface area (Å²) in [6, 6.07) is 0. The Morgan fingerprint density at radius 2 is 1.79 bits per heavy atom. The predicted octanol–water partition coefficient (Wildman–Crippen LogP) is -0.539. The van der Waals surface area contributed by atoms with Crippen LogP contribution in [-0.4, -0.2) is 68.3 Å². The summed E-state index contributed by atoms with van der Waals surface area (Å²) >= 11 is 0. The van der Waals surface area contributed by atoms with Crippen LogP contribution in [0.2, 0.25) is 0 Å². The average molecular weight is 334 g/mol. The number of hydrogen-bond donors (Lipinski definition) is 0. The largest absolute Gasteiger partial charge is 0.332 e. The lowest BCUT2D eigenvalue weighted by atomic mass is 10.3. The van der Waals surface area contributed by atoms with Crippen LogP contribution in [-0.2, 0) is 20.6 Å². The first-order valence-corrected chi connectivity index (χ1v) is 8.51. The van der Waals surface area contributed by atoms with Gasteiger partial charge in [0.2, 0.25) is 0 Å². The van der Waals surface area contributed by atoms with E-state index in [9.17, 15) is 9.59 Å². The van der Waals surface area contributed by atoms with Crippen LogP contribution in [0.25, 0.3) is 11.2 Å². The maximum Gasteiger partial charge on any atom is 0.332 e. The lowest BCUT2D eigenvalue weighted by Gasteiger charge is -2.20. The molecule has 0 unspecified atom stereocenters. The molecule has 1 fully saturated rings. The molecule has 0 N–H and O–H groups in total. The third-order valence-electron chi connectivity index (χ3n) is 4.90. The fourth-order valence-electron chi connectivity index (χ4n) is 3.35. The van der Waals surface area contributed by atoms with E-state index in [-0.39, 0.29) is 11.2 Å². The lowest BCUT2D eigenvalue weighted by molar-refractivity contribution is 0.269. The number of likely N-dealkylation sites (N-methyl/N-ethyl adjacent to an activating group) is 1. The number of aromatic nitrogens is 4. The quantitative estimate of drug-likeness (QED) is 0.751. The minimum atomic E-state index is -0.341. The van der Waals surface area contributed by atoms with Crippen LogP contribution >= 0.6 is 0 Å². The van der Waals surface area contributed by atoms with Crippen molar-refractivity contribution in [3.8, 4) is 0 Å². The Kier molecular flexibility index (Phi) is 4.86. The minimum Gasteiger partial charge on any atom is -0.325 e. The maximum absolute atomic E-state index is 12.4. The van der Waals surface area contributed by atoms with E-state index in [0.717, 1.165) is 50.3 Å². The van der Waals surface area contributed by atoms with Gasteiger partial charge in [0.25, 0.3) is 5.56 Å². The van der Waals surface area contributed by atoms with E-state index >= 15 is 0 Å². The van der Waals surface area contributed by atoms with E-state index in [4.69, 9.17) is 0 Å². The van der Waals surface area contributed by atoms with E-state index in [1.165, 1.54) is 18.0 Å². The summed E-state index contributed by atoms with van der Waals surface area (Å²) < 4.78 is 4.45. The molecule has 2 aromatic rings. The second kappa shape index (κ2) is 6.90. The molecule has 0 bridgehead atoms. The number of hydrogen-bond acceptors (Lipinski definition) is 5. The van der Waals surface area contributed by atoms with Crippen LogP contribution in [0.3, 0.4) is 0 Å². The fraction of sp³-hybridized carbons (Fsp3) is 0.688. The average Bonchev–Trinajstić information content (AvgIpc) is 2.88. The van der Waals surface area contributed by atoms with Crippen LogP contribution in [0.5, 0.6) is 0 Å². The molecule has 1 saturated heterocycles. The molecule has 24 heavy (non-hydrogen) atoms. The van der Waals surface area contributed by atoms with Crippen LogP contribution in [0.15, 0.2) is 15.9 Å². The van der Waals surface area contributed by atoms with Gasteiger partial charge in [0.15, 0.2) is 11.2 Å². The van der Waals surface area contributed by atoms with Gasteiger partial charge in [-0.15, -0.1) is 0 Å². The molecule has 132 valence electrons. The van der Waals surface area contributed by atoms with Gasteiger partial charge in [0.1, 0.15) is 0 Å². The van der Waals surface area contributed by atoms with Gasteiger partial charge in [-0.1, -0.05) is 0 Å². The first kappa shape index (κ1) is 16.9. The third kappa shape index (κ3) is 3.16. The molecule has 0 amide bonds. The molecular formula is C16H26N6O2. The maximum atomic E-state index is 12.4. The number of fused-ring (bicyclic) bond motifs is 1. The topological polar surface area (TPSA) is 68.3 Å². The van der Waals surface area contributed by atoms with Crippen molar-refractivity contribution in [3.63, 3.8) is 0 Å². The summed E-state index contributed by atoms with van der Waals surface area (Å²) in [6.07, 6.45) is 3.83. The summed E-state index contributed by atoms with van der Waals surface area (Å²) in [5, 5.41) is 0. The molecule has 2 aromatic heterocycles. The van der Waals surface area contributed by atoms with Gasteiger partial charge >= 0.3 is 5.69 Å². The van der Waals surface area contributed by atoms with Crippen LogP contribution < -0.4 is 11.2 Å². The van der Waals surface area contributed by atoms with Crippen LogP contribution in [0.4, 0.5) is 0 Å². The third-order valence-corrected chi connectivity index (χ3v) is 4.90. The zero-order valence-electron chi connectivity index (χ0n) is 14.7. The van der Waals surface area contributed by atoms with Gasteiger partial charge in [-0.2, -0.15) is 0 Å². The molecule has 0 atom stereocenters. The Bertz CT molecular complexity index is 833. The van der Waals surface area contributed by atoms with Crippen molar-refractivity contribution in [2.45, 2.75) is 19.4 Å². The summed E-state index contributed by atoms with van der Waals surface area (Å²) in [6.45, 7) is 6.24. The first-order valence-electron chi connectivity index (χ1n) is 8.51. The zero-order valence-corrected chi connectivity index (χ0v) is 14.7. The van der Waals surface area contributed by atoms with Crippen molar-refractivity contribution in [1.82, 2.24) is 28.5 Å². The Morgan fingerprint density at radius 3 is 2.58 bits per heavy atom. The van der Waals surface area contributed by atoms with Crippen molar-refractivity contribution in [1.29, 1.82) is 0 Å². The van der Waals surface area contributed by atoms with Crippen molar-refractivity contribution >= 4 is 11.2 Å². The fourth-order valence-corrected chi connectivity index (χ4v) is 3.35. The molecule has 8 nitrogen and oxygen atoms in total. The highest BCUT2D eigenvalue weighted by atomic mass is 16.2. The zero-order chi connectivity index (χ0) is 17.3. The molecule has 8 heteroatoms. The van der Waals surface area contributed by atoms with E-state index in [0.29, 0.717) is 11.2 Å². The highest BCUT2D eigenvalue weighted by Gasteiger charge is 2.15. The second-order valence-corrected chi connectivity index (χ2v) is 6.67. The van der Waals surface area contributed by atoms with E-state index < -0.39 is 0 Å². The molecule has 0 radical (unpaired) electrons. The minimum absolute atomic E-state index is 0.276. The Balaban J connectivity index is 1.72. The number of rotatable bonds is 4. The molecule has 3 heterocycles. The Hall–Kier alpha value is -1.93. The second-order valence-electron chi connectivity index (χ2n) is 6.67. The molecular weight excluding hydrogens is 308 g/mol. The van der Waals surface area contributed by atoms with Gasteiger partial charge in [-0.25, -0.2) is 9.78 Å². The highest BCUT2D eigenvalue weighted by Crippen LogP contribution is 2.08. The predicted molar refractivity (Wildman–Crippen MR) is 93.4 cm³/mol. The molecule has 0 saturated carbocycles. The van der Waals surface area contributed by atoms with Gasteiger partial charge in [0.05, 0.1) is 6.33 Å². The van der Waals surface area contributed by atoms with Crippen molar-refractivity contribution in [2.24, 2.45) is 14.1 Å². The standard InChI is InChI=1S/C16H26N6O2/c1-18-6-4-7-21(11-10-18)8-5-9-22-12-17-14-13(22)15(23)20(3)16(24)19(14)2/h12H,4-11H2,1-3H3. The molecule has 0 aromatic carbocycles. The van der Waals surface area contributed by atoms with Crippen molar-refractivity contribution in [3.05, 3.63) is 27.2 Å². The molecule has 0 spiro atoms. The van der Waals surface area contributed by atoms with Gasteiger partial charge in [-0.3, -0.25) is 13.9 Å². The van der Waals surface area contributed by atoms with Crippen molar-refractivity contribution in [2.75, 3.05) is 39.8 Å².